The molecule has 0 spiro atoms. The van der Waals surface area contributed by atoms with Crippen LogP contribution in [0, 0.1) is 5.92 Å². The average Bonchev–Trinajstić information content (AvgIpc) is 3.02. The number of nitrogens with one attached hydrogen (secondary N) is 1. The summed E-state index contributed by atoms with van der Waals surface area (Å²) >= 11 is 11.9. The highest BCUT2D eigenvalue weighted by molar-refractivity contribution is 6.35. The van der Waals surface area contributed by atoms with Gasteiger partial charge in [0.05, 0.1) is 5.92 Å². The summed E-state index contributed by atoms with van der Waals surface area (Å²) in [6, 6.07) is 10.1. The van der Waals surface area contributed by atoms with Gasteiger partial charge in [0.25, 0.3) is 0 Å². The van der Waals surface area contributed by atoms with Crippen molar-refractivity contribution in [2.75, 3.05) is 30.0 Å². The SMILES string of the molecule is O=C(Nc1cc(Cl)cc(Cl)c1)[C@H]1CC(=O)N(c2ccc3c(c2)OCCO3)C1. The Kier molecular flexibility index (Phi) is 4.85. The molecular weight excluding hydrogens is 391 g/mol. The van der Waals surface area contributed by atoms with Crippen molar-refractivity contribution >= 4 is 46.4 Å². The second kappa shape index (κ2) is 7.29. The van der Waals surface area contributed by atoms with E-state index in [1.54, 1.807) is 41.3 Å². The van der Waals surface area contributed by atoms with Gasteiger partial charge in [-0.3, -0.25) is 9.59 Å². The van der Waals surface area contributed by atoms with Crippen LogP contribution in [0.1, 0.15) is 6.42 Å². The van der Waals surface area contributed by atoms with Crippen LogP contribution in [0.15, 0.2) is 36.4 Å². The average molecular weight is 407 g/mol. The molecule has 2 aliphatic heterocycles. The molecule has 1 saturated heterocycles. The number of anilines is 2. The van der Waals surface area contributed by atoms with Crippen molar-refractivity contribution in [2.24, 2.45) is 5.92 Å². The van der Waals surface area contributed by atoms with Crippen molar-refractivity contribution in [3.05, 3.63) is 46.4 Å². The summed E-state index contributed by atoms with van der Waals surface area (Å²) in [7, 11) is 0. The quantitative estimate of drug-likeness (QED) is 0.842. The Bertz CT molecular complexity index is 898. The zero-order valence-electron chi connectivity index (χ0n) is 14.2. The first-order valence-electron chi connectivity index (χ1n) is 8.46. The number of rotatable bonds is 3. The molecule has 27 heavy (non-hydrogen) atoms. The van der Waals surface area contributed by atoms with Gasteiger partial charge in [-0.1, -0.05) is 23.2 Å². The fourth-order valence-electron chi connectivity index (χ4n) is 3.20. The Balaban J connectivity index is 1.48. The Morgan fingerprint density at radius 3 is 2.48 bits per heavy atom. The third-order valence-corrected chi connectivity index (χ3v) is 4.90. The molecule has 2 amide bonds. The minimum absolute atomic E-state index is 0.115. The second-order valence-electron chi connectivity index (χ2n) is 6.38. The molecule has 0 aliphatic carbocycles. The number of amides is 2. The summed E-state index contributed by atoms with van der Waals surface area (Å²) in [5, 5.41) is 3.63. The van der Waals surface area contributed by atoms with Crippen LogP contribution in [-0.4, -0.2) is 31.6 Å². The maximum absolute atomic E-state index is 12.6. The molecule has 0 radical (unpaired) electrons. The lowest BCUT2D eigenvalue weighted by Gasteiger charge is -2.22. The van der Waals surface area contributed by atoms with E-state index < -0.39 is 5.92 Å². The van der Waals surface area contributed by atoms with Crippen LogP contribution in [0.5, 0.6) is 11.5 Å². The van der Waals surface area contributed by atoms with E-state index in [1.807, 2.05) is 0 Å². The predicted molar refractivity (Wildman–Crippen MR) is 103 cm³/mol. The summed E-state index contributed by atoms with van der Waals surface area (Å²) < 4.78 is 11.1. The fourth-order valence-corrected chi connectivity index (χ4v) is 3.73. The number of benzene rings is 2. The van der Waals surface area contributed by atoms with Gasteiger partial charge >= 0.3 is 0 Å². The molecule has 0 saturated carbocycles. The fraction of sp³-hybridized carbons (Fsp3) is 0.263. The minimum Gasteiger partial charge on any atom is -0.486 e. The van der Waals surface area contributed by atoms with Crippen LogP contribution >= 0.6 is 23.2 Å². The number of hydrogen-bond acceptors (Lipinski definition) is 4. The number of carbonyl (C=O) groups excluding carboxylic acids is 2. The number of nitrogens with zero attached hydrogens (tertiary/aromatic N) is 1. The highest BCUT2D eigenvalue weighted by Crippen LogP contribution is 2.36. The van der Waals surface area contributed by atoms with E-state index in [1.165, 1.54) is 0 Å². The smallest absolute Gasteiger partial charge is 0.229 e. The maximum atomic E-state index is 12.6. The molecular formula is C19H16Cl2N2O4. The minimum atomic E-state index is -0.469. The van der Waals surface area contributed by atoms with Crippen molar-refractivity contribution in [3.63, 3.8) is 0 Å². The molecule has 0 bridgehead atoms. The normalized spacial score (nSPS) is 18.5. The Morgan fingerprint density at radius 2 is 1.74 bits per heavy atom. The van der Waals surface area contributed by atoms with E-state index in [0.29, 0.717) is 52.7 Å². The topological polar surface area (TPSA) is 67.9 Å². The number of ether oxygens (including phenoxy) is 2. The maximum Gasteiger partial charge on any atom is 0.229 e. The van der Waals surface area contributed by atoms with Crippen molar-refractivity contribution in [3.8, 4) is 11.5 Å². The highest BCUT2D eigenvalue weighted by atomic mass is 35.5. The van der Waals surface area contributed by atoms with E-state index in [4.69, 9.17) is 32.7 Å². The second-order valence-corrected chi connectivity index (χ2v) is 7.25. The zero-order chi connectivity index (χ0) is 19.0. The lowest BCUT2D eigenvalue weighted by atomic mass is 10.1. The molecule has 8 heteroatoms. The van der Waals surface area contributed by atoms with Crippen LogP contribution in [0.2, 0.25) is 10.0 Å². The van der Waals surface area contributed by atoms with E-state index in [9.17, 15) is 9.59 Å². The summed E-state index contributed by atoms with van der Waals surface area (Å²) in [5.41, 5.74) is 1.19. The van der Waals surface area contributed by atoms with Crippen molar-refractivity contribution in [1.82, 2.24) is 0 Å². The molecule has 0 aromatic heterocycles. The van der Waals surface area contributed by atoms with Gasteiger partial charge in [0.2, 0.25) is 11.8 Å². The first kappa shape index (κ1) is 17.9. The molecule has 2 aliphatic rings. The lowest BCUT2D eigenvalue weighted by Crippen LogP contribution is -2.28. The molecule has 6 nitrogen and oxygen atoms in total. The molecule has 4 rings (SSSR count). The Hall–Kier alpha value is -2.44. The van der Waals surface area contributed by atoms with E-state index in [0.717, 1.165) is 0 Å². The molecule has 2 aromatic carbocycles. The first-order valence-corrected chi connectivity index (χ1v) is 9.22. The van der Waals surface area contributed by atoms with E-state index in [-0.39, 0.29) is 18.2 Å². The molecule has 2 aromatic rings. The van der Waals surface area contributed by atoms with Gasteiger partial charge < -0.3 is 19.7 Å². The van der Waals surface area contributed by atoms with Gasteiger partial charge in [-0.05, 0) is 30.3 Å². The third-order valence-electron chi connectivity index (χ3n) is 4.46. The van der Waals surface area contributed by atoms with Crippen LogP contribution in [0.4, 0.5) is 11.4 Å². The summed E-state index contributed by atoms with van der Waals surface area (Å²) in [5.74, 6) is 0.429. The van der Waals surface area contributed by atoms with Gasteiger partial charge in [0.1, 0.15) is 13.2 Å². The lowest BCUT2D eigenvalue weighted by molar-refractivity contribution is -0.122. The number of carbonyl (C=O) groups is 2. The number of hydrogen-bond donors (Lipinski definition) is 1. The largest absolute Gasteiger partial charge is 0.486 e. The monoisotopic (exact) mass is 406 g/mol. The summed E-state index contributed by atoms with van der Waals surface area (Å²) in [6.45, 7) is 1.26. The molecule has 1 fully saturated rings. The van der Waals surface area contributed by atoms with Crippen LogP contribution < -0.4 is 19.7 Å². The molecule has 2 heterocycles. The molecule has 0 unspecified atom stereocenters. The van der Waals surface area contributed by atoms with Gasteiger partial charge in [-0.2, -0.15) is 0 Å². The predicted octanol–water partition coefficient (Wildman–Crippen LogP) is 3.76. The van der Waals surface area contributed by atoms with Gasteiger partial charge in [0, 0.05) is 40.5 Å². The Morgan fingerprint density at radius 1 is 1.04 bits per heavy atom. The van der Waals surface area contributed by atoms with E-state index in [2.05, 4.69) is 5.32 Å². The zero-order valence-corrected chi connectivity index (χ0v) is 15.7. The molecule has 140 valence electrons. The Labute approximate surface area is 165 Å². The summed E-state index contributed by atoms with van der Waals surface area (Å²) in [6.07, 6.45) is 0.134. The summed E-state index contributed by atoms with van der Waals surface area (Å²) in [4.78, 5) is 26.6. The third kappa shape index (κ3) is 3.82. The van der Waals surface area contributed by atoms with Gasteiger partial charge in [-0.15, -0.1) is 0 Å². The standard InChI is InChI=1S/C19H16Cl2N2O4/c20-12-6-13(21)8-14(7-12)22-19(25)11-5-18(24)23(10-11)15-1-2-16-17(9-15)27-4-3-26-16/h1-2,6-9,11H,3-5,10H2,(H,22,25)/t11-/m0/s1. The molecule has 1 N–H and O–H groups in total. The number of halogens is 2. The van der Waals surface area contributed by atoms with Crippen molar-refractivity contribution in [2.45, 2.75) is 6.42 Å². The van der Waals surface area contributed by atoms with Crippen LogP contribution in [0.3, 0.4) is 0 Å². The molecule has 1 atom stereocenters. The van der Waals surface area contributed by atoms with Crippen LogP contribution in [0.25, 0.3) is 0 Å². The number of fused-ring (bicyclic) bond motifs is 1. The van der Waals surface area contributed by atoms with Crippen LogP contribution in [-0.2, 0) is 9.59 Å². The first-order chi connectivity index (χ1) is 13.0. The van der Waals surface area contributed by atoms with Crippen molar-refractivity contribution in [1.29, 1.82) is 0 Å². The van der Waals surface area contributed by atoms with Gasteiger partial charge in [-0.25, -0.2) is 0 Å². The van der Waals surface area contributed by atoms with Gasteiger partial charge in [0.15, 0.2) is 11.5 Å². The highest BCUT2D eigenvalue weighted by Gasteiger charge is 2.35. The van der Waals surface area contributed by atoms with Crippen molar-refractivity contribution < 1.29 is 19.1 Å². The van der Waals surface area contributed by atoms with E-state index >= 15 is 0 Å².